The van der Waals surface area contributed by atoms with E-state index in [1.54, 1.807) is 0 Å². The van der Waals surface area contributed by atoms with Gasteiger partial charge in [0.1, 0.15) is 6.29 Å². The predicted molar refractivity (Wildman–Crippen MR) is 79.8 cm³/mol. The summed E-state index contributed by atoms with van der Waals surface area (Å²) in [6, 6.07) is -2.37. The van der Waals surface area contributed by atoms with Gasteiger partial charge in [-0.3, -0.25) is 9.59 Å². The van der Waals surface area contributed by atoms with Crippen molar-refractivity contribution in [1.82, 2.24) is 20.6 Å². The van der Waals surface area contributed by atoms with Crippen LogP contribution in [0.4, 0.5) is 11.6 Å². The molecule has 0 aromatic carbocycles. The molecule has 130 valence electrons. The van der Waals surface area contributed by atoms with Gasteiger partial charge in [0.05, 0.1) is 12.6 Å². The number of anilines is 2. The molecule has 2 unspecified atom stereocenters. The third kappa shape index (κ3) is 4.36. The van der Waals surface area contributed by atoms with Gasteiger partial charge in [0, 0.05) is 0 Å². The van der Waals surface area contributed by atoms with Crippen molar-refractivity contribution >= 4 is 35.7 Å². The lowest BCUT2D eigenvalue weighted by Gasteiger charge is -2.13. The Kier molecular flexibility index (Phi) is 6.12. The van der Waals surface area contributed by atoms with Gasteiger partial charge in [0.2, 0.25) is 0 Å². The normalized spacial score (nSPS) is 12.8. The maximum atomic E-state index is 11.9. The molecule has 24 heavy (non-hydrogen) atoms. The molecule has 12 heteroatoms. The van der Waals surface area contributed by atoms with Gasteiger partial charge in [-0.2, -0.15) is 0 Å². The topological polar surface area (TPSA) is 211 Å². The first-order valence-electron chi connectivity index (χ1n) is 6.54. The zero-order chi connectivity index (χ0) is 18.4. The minimum atomic E-state index is -1.57. The molecule has 8 N–H and O–H groups in total. The number of amides is 2. The molecule has 0 aliphatic heterocycles. The second-order valence-electron chi connectivity index (χ2n) is 4.64. The number of rotatable bonds is 7. The van der Waals surface area contributed by atoms with E-state index in [1.807, 2.05) is 5.32 Å². The van der Waals surface area contributed by atoms with Gasteiger partial charge in [-0.1, -0.05) is 0 Å². The number of nitrogens with two attached hydrogens (primary N) is 2. The zero-order valence-corrected chi connectivity index (χ0v) is 12.5. The highest BCUT2D eigenvalue weighted by molar-refractivity contribution is 6.02. The number of carboxylic acids is 1. The summed E-state index contributed by atoms with van der Waals surface area (Å²) in [4.78, 5) is 52.4. The molecular formula is C12H16N6O6. The Morgan fingerprint density at radius 1 is 1.12 bits per heavy atom. The van der Waals surface area contributed by atoms with E-state index in [0.717, 1.165) is 0 Å². The van der Waals surface area contributed by atoms with Gasteiger partial charge in [0.25, 0.3) is 11.8 Å². The first-order chi connectivity index (χ1) is 11.2. The highest BCUT2D eigenvalue weighted by Crippen LogP contribution is 2.13. The molecule has 0 bridgehead atoms. The maximum Gasteiger partial charge on any atom is 0.328 e. The number of carboxylic acid groups (broad SMARTS) is 1. The van der Waals surface area contributed by atoms with Gasteiger partial charge in [-0.15, -0.1) is 0 Å². The summed E-state index contributed by atoms with van der Waals surface area (Å²) in [5.74, 6) is -4.25. The van der Waals surface area contributed by atoms with Gasteiger partial charge in [0.15, 0.2) is 29.1 Å². The first kappa shape index (κ1) is 18.8. The van der Waals surface area contributed by atoms with E-state index in [4.69, 9.17) is 21.7 Å². The maximum absolute atomic E-state index is 11.9. The lowest BCUT2D eigenvalue weighted by molar-refractivity contribution is -0.140. The molecule has 0 fully saturated rings. The van der Waals surface area contributed by atoms with Crippen molar-refractivity contribution in [3.05, 3.63) is 11.4 Å². The fraction of sp³-hybridized carbons (Fsp3) is 0.333. The summed E-state index contributed by atoms with van der Waals surface area (Å²) in [6.45, 7) is 0.564. The van der Waals surface area contributed by atoms with Crippen molar-refractivity contribution in [1.29, 1.82) is 0 Å². The molecule has 0 spiro atoms. The van der Waals surface area contributed by atoms with Crippen LogP contribution in [0.15, 0.2) is 0 Å². The number of aliphatic hydroxyl groups is 1. The molecule has 2 amide bonds. The van der Waals surface area contributed by atoms with Crippen molar-refractivity contribution in [3.63, 3.8) is 0 Å². The van der Waals surface area contributed by atoms with Crippen molar-refractivity contribution in [2.45, 2.75) is 19.0 Å². The highest BCUT2D eigenvalue weighted by atomic mass is 16.4. The Labute approximate surface area is 135 Å². The summed E-state index contributed by atoms with van der Waals surface area (Å²) < 4.78 is 0. The van der Waals surface area contributed by atoms with Crippen molar-refractivity contribution in [2.75, 3.05) is 18.1 Å². The Balaban J connectivity index is 3.06. The number of nitrogen functional groups attached to an aromatic ring is 2. The molecule has 0 saturated carbocycles. The number of carbonyl (C=O) groups is 4. The van der Waals surface area contributed by atoms with Gasteiger partial charge in [-0.25, -0.2) is 14.8 Å². The van der Waals surface area contributed by atoms with Crippen molar-refractivity contribution in [3.8, 4) is 0 Å². The average Bonchev–Trinajstić information content (AvgIpc) is 2.53. The van der Waals surface area contributed by atoms with E-state index in [9.17, 15) is 19.2 Å². The lowest BCUT2D eigenvalue weighted by Crippen LogP contribution is -2.44. The fourth-order valence-corrected chi connectivity index (χ4v) is 1.52. The fourth-order valence-electron chi connectivity index (χ4n) is 1.52. The number of hydrogen-bond donors (Lipinski definition) is 6. The van der Waals surface area contributed by atoms with Crippen LogP contribution < -0.4 is 22.1 Å². The Bertz CT molecular complexity index is 678. The van der Waals surface area contributed by atoms with Crippen LogP contribution in [0.2, 0.25) is 0 Å². The van der Waals surface area contributed by atoms with Crippen molar-refractivity contribution < 1.29 is 29.4 Å². The molecular weight excluding hydrogens is 324 g/mol. The SMILES string of the molecule is CC(C=O)NC(=O)c1nc(N)c(C(=O)NC(CO)C(=O)O)nc1N. The standard InChI is InChI=1S/C12H16N6O6/c1-4(2-19)15-10(21)6-8(13)18-7(9(14)17-6)11(22)16-5(3-20)12(23)24/h2,4-5,20H,3H2,1H3,(H2,13,18)(H2,14,17)(H,15,21)(H,16,22)(H,23,24). The van der Waals surface area contributed by atoms with Crippen LogP contribution in [0, 0.1) is 0 Å². The molecule has 2 atom stereocenters. The third-order valence-electron chi connectivity index (χ3n) is 2.73. The van der Waals surface area contributed by atoms with Gasteiger partial charge >= 0.3 is 5.97 Å². The highest BCUT2D eigenvalue weighted by Gasteiger charge is 2.25. The first-order valence-corrected chi connectivity index (χ1v) is 6.54. The van der Waals surface area contributed by atoms with E-state index in [-0.39, 0.29) is 0 Å². The summed E-state index contributed by atoms with van der Waals surface area (Å²) >= 11 is 0. The van der Waals surface area contributed by atoms with Gasteiger partial charge < -0.3 is 37.1 Å². The van der Waals surface area contributed by atoms with Crippen LogP contribution in [0.3, 0.4) is 0 Å². The average molecular weight is 340 g/mol. The number of aliphatic carboxylic acids is 1. The Hall–Kier alpha value is -3.28. The van der Waals surface area contributed by atoms with E-state index in [2.05, 4.69) is 15.3 Å². The number of aldehydes is 1. The molecule has 0 saturated heterocycles. The number of nitrogens with zero attached hydrogens (tertiary/aromatic N) is 2. The van der Waals surface area contributed by atoms with Crippen LogP contribution >= 0.6 is 0 Å². The molecule has 1 rings (SSSR count). The quantitative estimate of drug-likeness (QED) is 0.279. The summed E-state index contributed by atoms with van der Waals surface area (Å²) in [5.41, 5.74) is 10.2. The second kappa shape index (κ2) is 7.82. The molecule has 0 radical (unpaired) electrons. The van der Waals surface area contributed by atoms with Gasteiger partial charge in [-0.05, 0) is 6.92 Å². The molecule has 1 heterocycles. The second-order valence-corrected chi connectivity index (χ2v) is 4.64. The zero-order valence-electron chi connectivity index (χ0n) is 12.5. The van der Waals surface area contributed by atoms with E-state index in [0.29, 0.717) is 6.29 Å². The molecule has 0 aliphatic carbocycles. The van der Waals surface area contributed by atoms with Crippen molar-refractivity contribution in [2.24, 2.45) is 0 Å². The number of aromatic nitrogens is 2. The van der Waals surface area contributed by atoms with Crippen LogP contribution in [0.5, 0.6) is 0 Å². The van der Waals surface area contributed by atoms with Crippen LogP contribution in [0.1, 0.15) is 27.9 Å². The van der Waals surface area contributed by atoms with Crippen LogP contribution in [0.25, 0.3) is 0 Å². The molecule has 0 aliphatic rings. The smallest absolute Gasteiger partial charge is 0.328 e. The minimum absolute atomic E-state index is 0.394. The molecule has 12 nitrogen and oxygen atoms in total. The molecule has 1 aromatic rings. The van der Waals surface area contributed by atoms with E-state index in [1.165, 1.54) is 6.92 Å². The van der Waals surface area contributed by atoms with Crippen LogP contribution in [-0.2, 0) is 9.59 Å². The number of hydrogen-bond acceptors (Lipinski definition) is 9. The third-order valence-corrected chi connectivity index (χ3v) is 2.73. The number of carbonyl (C=O) groups excluding carboxylic acids is 3. The summed E-state index contributed by atoms with van der Waals surface area (Å²) in [5, 5.41) is 21.9. The Morgan fingerprint density at radius 3 is 1.96 bits per heavy atom. The van der Waals surface area contributed by atoms with E-state index < -0.39 is 59.5 Å². The largest absolute Gasteiger partial charge is 0.480 e. The molecule has 1 aromatic heterocycles. The monoisotopic (exact) mass is 340 g/mol. The van der Waals surface area contributed by atoms with E-state index >= 15 is 0 Å². The minimum Gasteiger partial charge on any atom is -0.480 e. The number of aliphatic hydroxyl groups excluding tert-OH is 1. The number of nitrogens with one attached hydrogen (secondary N) is 2. The predicted octanol–water partition coefficient (Wildman–Crippen LogP) is -2.87. The Morgan fingerprint density at radius 2 is 1.58 bits per heavy atom. The summed E-state index contributed by atoms with van der Waals surface area (Å²) in [7, 11) is 0. The van der Waals surface area contributed by atoms with Crippen LogP contribution in [-0.4, -0.2) is 62.9 Å². The lowest BCUT2D eigenvalue weighted by atomic mass is 10.2. The summed E-state index contributed by atoms with van der Waals surface area (Å²) in [6.07, 6.45) is 0.480.